The highest BCUT2D eigenvalue weighted by Crippen LogP contribution is 2.27. The molecule has 0 aliphatic carbocycles. The van der Waals surface area contributed by atoms with Crippen LogP contribution in [-0.2, 0) is 16.5 Å². The molecule has 3 aromatic heterocycles. The number of hydrogen-bond acceptors (Lipinski definition) is 7. The molecule has 9 heteroatoms. The molecule has 0 bridgehead atoms. The molecule has 4 aromatic rings. The Morgan fingerprint density at radius 3 is 2.44 bits per heavy atom. The van der Waals surface area contributed by atoms with Gasteiger partial charge in [-0.1, -0.05) is 30.3 Å². The lowest BCUT2D eigenvalue weighted by atomic mass is 10.1. The number of carbonyl (C=O) groups is 3. The van der Waals surface area contributed by atoms with Crippen molar-refractivity contribution in [2.75, 3.05) is 13.7 Å². The van der Waals surface area contributed by atoms with Crippen LogP contribution in [0.1, 0.15) is 48.2 Å². The van der Waals surface area contributed by atoms with Crippen molar-refractivity contribution in [3.63, 3.8) is 0 Å². The zero-order chi connectivity index (χ0) is 24.6. The maximum atomic E-state index is 13.1. The number of carbonyl (C=O) groups excluding carboxylic acids is 3. The first kappa shape index (κ1) is 22.9. The second kappa shape index (κ2) is 8.93. The van der Waals surface area contributed by atoms with Crippen LogP contribution < -0.4 is 0 Å². The predicted octanol–water partition coefficient (Wildman–Crippen LogP) is 3.71. The molecule has 0 saturated heterocycles. The van der Waals surface area contributed by atoms with Gasteiger partial charge in [-0.3, -0.25) is 9.48 Å². The summed E-state index contributed by atoms with van der Waals surface area (Å²) in [4.78, 5) is 45.5. The van der Waals surface area contributed by atoms with Crippen LogP contribution in [0.3, 0.4) is 0 Å². The summed E-state index contributed by atoms with van der Waals surface area (Å²) in [5.74, 6) is -1.66. The lowest BCUT2D eigenvalue weighted by Crippen LogP contribution is -2.16. The van der Waals surface area contributed by atoms with E-state index in [-0.39, 0.29) is 11.3 Å². The van der Waals surface area contributed by atoms with E-state index in [9.17, 15) is 14.4 Å². The first-order valence-electron chi connectivity index (χ1n) is 10.6. The summed E-state index contributed by atoms with van der Waals surface area (Å²) in [6, 6.07) is 11.1. The molecular weight excluding hydrogens is 436 g/mol. The van der Waals surface area contributed by atoms with Gasteiger partial charge in [0.2, 0.25) is 5.78 Å². The molecule has 0 fully saturated rings. The molecule has 34 heavy (non-hydrogen) atoms. The summed E-state index contributed by atoms with van der Waals surface area (Å²) in [6.45, 7) is 4.60. The van der Waals surface area contributed by atoms with E-state index in [2.05, 4.69) is 15.1 Å². The smallest absolute Gasteiger partial charge is 0.339 e. The van der Waals surface area contributed by atoms with E-state index in [0.717, 1.165) is 5.56 Å². The standard InChI is InChI=1S/C25H24N4O5/c1-13-20(25(32)33-5)14(2)26-22(13)19(30)12-34-24(31)17-11-18(16-9-7-6-8-10-16)27-23-21(17)15(3)28-29(23)4/h6-11,26H,12H2,1-5H3. The topological polar surface area (TPSA) is 116 Å². The Labute approximate surface area is 195 Å². The number of hydrogen-bond donors (Lipinski definition) is 1. The quantitative estimate of drug-likeness (QED) is 0.344. The summed E-state index contributed by atoms with van der Waals surface area (Å²) >= 11 is 0. The molecular formula is C25H24N4O5. The van der Waals surface area contributed by atoms with Crippen molar-refractivity contribution >= 4 is 28.8 Å². The van der Waals surface area contributed by atoms with Gasteiger partial charge in [-0.05, 0) is 32.4 Å². The third-order valence-electron chi connectivity index (χ3n) is 5.70. The predicted molar refractivity (Wildman–Crippen MR) is 125 cm³/mol. The number of esters is 2. The van der Waals surface area contributed by atoms with E-state index >= 15 is 0 Å². The fourth-order valence-corrected chi connectivity index (χ4v) is 4.08. The average molecular weight is 460 g/mol. The molecule has 0 saturated carbocycles. The van der Waals surface area contributed by atoms with Crippen molar-refractivity contribution in [2.24, 2.45) is 7.05 Å². The number of fused-ring (bicyclic) bond motifs is 1. The monoisotopic (exact) mass is 460 g/mol. The molecule has 0 spiro atoms. The average Bonchev–Trinajstić information content (AvgIpc) is 3.30. The number of aromatic nitrogens is 4. The number of methoxy groups -OCH3 is 1. The number of Topliss-reactive ketones (excluding diaryl/α,β-unsaturated/α-hetero) is 1. The molecule has 3 heterocycles. The fraction of sp³-hybridized carbons (Fsp3) is 0.240. The normalized spacial score (nSPS) is 11.0. The fourth-order valence-electron chi connectivity index (χ4n) is 4.08. The third kappa shape index (κ3) is 3.96. The van der Waals surface area contributed by atoms with Crippen LogP contribution in [0.15, 0.2) is 36.4 Å². The van der Waals surface area contributed by atoms with Crippen LogP contribution >= 0.6 is 0 Å². The zero-order valence-electron chi connectivity index (χ0n) is 19.6. The SMILES string of the molecule is COC(=O)c1c(C)[nH]c(C(=O)COC(=O)c2cc(-c3ccccc3)nc3c2c(C)nn3C)c1C. The molecule has 174 valence electrons. The van der Waals surface area contributed by atoms with Gasteiger partial charge >= 0.3 is 11.9 Å². The van der Waals surface area contributed by atoms with Gasteiger partial charge in [0.15, 0.2) is 12.3 Å². The van der Waals surface area contributed by atoms with Gasteiger partial charge in [-0.2, -0.15) is 5.10 Å². The molecule has 0 aliphatic rings. The molecule has 1 aromatic carbocycles. The molecule has 0 amide bonds. The van der Waals surface area contributed by atoms with Gasteiger partial charge in [-0.25, -0.2) is 14.6 Å². The van der Waals surface area contributed by atoms with Crippen molar-refractivity contribution in [3.8, 4) is 11.3 Å². The van der Waals surface area contributed by atoms with Crippen LogP contribution in [0.4, 0.5) is 0 Å². The Kier molecular flexibility index (Phi) is 6.02. The first-order valence-corrected chi connectivity index (χ1v) is 10.6. The van der Waals surface area contributed by atoms with E-state index in [4.69, 9.17) is 9.47 Å². The molecule has 4 rings (SSSR count). The Morgan fingerprint density at radius 2 is 1.76 bits per heavy atom. The van der Waals surface area contributed by atoms with Crippen molar-refractivity contribution < 1.29 is 23.9 Å². The lowest BCUT2D eigenvalue weighted by Gasteiger charge is -2.09. The van der Waals surface area contributed by atoms with E-state index in [1.54, 1.807) is 38.6 Å². The minimum Gasteiger partial charge on any atom is -0.465 e. The molecule has 0 atom stereocenters. The van der Waals surface area contributed by atoms with E-state index in [0.29, 0.717) is 39.2 Å². The van der Waals surface area contributed by atoms with Gasteiger partial charge in [0.05, 0.1) is 40.7 Å². The Hall–Kier alpha value is -4.27. The third-order valence-corrected chi connectivity index (χ3v) is 5.70. The van der Waals surface area contributed by atoms with Gasteiger partial charge < -0.3 is 14.5 Å². The number of nitrogens with zero attached hydrogens (tertiary/aromatic N) is 3. The minimum absolute atomic E-state index is 0.202. The summed E-state index contributed by atoms with van der Waals surface area (Å²) in [6.07, 6.45) is 0. The van der Waals surface area contributed by atoms with Crippen LogP contribution in [0.25, 0.3) is 22.3 Å². The van der Waals surface area contributed by atoms with Gasteiger partial charge in [-0.15, -0.1) is 0 Å². The maximum absolute atomic E-state index is 13.1. The van der Waals surface area contributed by atoms with E-state index < -0.39 is 24.3 Å². The number of aryl methyl sites for hydroxylation is 3. The summed E-state index contributed by atoms with van der Waals surface area (Å²) in [7, 11) is 3.03. The molecule has 0 aliphatic heterocycles. The van der Waals surface area contributed by atoms with Crippen molar-refractivity contribution in [3.05, 3.63) is 70.2 Å². The highest BCUT2D eigenvalue weighted by Gasteiger charge is 2.25. The minimum atomic E-state index is -0.664. The van der Waals surface area contributed by atoms with Gasteiger partial charge in [0, 0.05) is 18.3 Å². The maximum Gasteiger partial charge on any atom is 0.339 e. The van der Waals surface area contributed by atoms with Crippen LogP contribution in [-0.4, -0.2) is 51.2 Å². The van der Waals surface area contributed by atoms with Crippen LogP contribution in [0.5, 0.6) is 0 Å². The first-order chi connectivity index (χ1) is 16.2. The Morgan fingerprint density at radius 1 is 1.06 bits per heavy atom. The second-order valence-corrected chi connectivity index (χ2v) is 7.94. The number of H-pyrrole nitrogens is 1. The number of ether oxygens (including phenoxy) is 2. The molecule has 0 radical (unpaired) electrons. The summed E-state index contributed by atoms with van der Waals surface area (Å²) < 4.78 is 11.8. The number of nitrogens with one attached hydrogen (secondary N) is 1. The number of ketones is 1. The van der Waals surface area contributed by atoms with Crippen molar-refractivity contribution in [1.29, 1.82) is 0 Å². The van der Waals surface area contributed by atoms with E-state index in [1.807, 2.05) is 30.3 Å². The number of aromatic amines is 1. The Balaban J connectivity index is 1.65. The van der Waals surface area contributed by atoms with Crippen molar-refractivity contribution in [1.82, 2.24) is 19.7 Å². The Bertz CT molecular complexity index is 1430. The largest absolute Gasteiger partial charge is 0.465 e. The second-order valence-electron chi connectivity index (χ2n) is 7.94. The number of pyridine rings is 1. The van der Waals surface area contributed by atoms with E-state index in [1.165, 1.54) is 7.11 Å². The summed E-state index contributed by atoms with van der Waals surface area (Å²) in [5.41, 5.74) is 4.32. The summed E-state index contributed by atoms with van der Waals surface area (Å²) in [5, 5.41) is 4.96. The van der Waals surface area contributed by atoms with Gasteiger partial charge in [0.25, 0.3) is 0 Å². The highest BCUT2D eigenvalue weighted by atomic mass is 16.5. The number of benzene rings is 1. The lowest BCUT2D eigenvalue weighted by molar-refractivity contribution is 0.0475. The highest BCUT2D eigenvalue weighted by molar-refractivity contribution is 6.07. The number of rotatable bonds is 6. The zero-order valence-corrected chi connectivity index (χ0v) is 19.6. The van der Waals surface area contributed by atoms with Crippen molar-refractivity contribution in [2.45, 2.75) is 20.8 Å². The van der Waals surface area contributed by atoms with Crippen LogP contribution in [0.2, 0.25) is 0 Å². The molecule has 0 unspecified atom stereocenters. The van der Waals surface area contributed by atoms with Crippen LogP contribution in [0, 0.1) is 20.8 Å². The molecule has 1 N–H and O–H groups in total. The van der Waals surface area contributed by atoms with Gasteiger partial charge in [0.1, 0.15) is 0 Å². The molecule has 9 nitrogen and oxygen atoms in total.